The van der Waals surface area contributed by atoms with E-state index in [-0.39, 0.29) is 13.2 Å². The van der Waals surface area contributed by atoms with Crippen molar-refractivity contribution in [2.45, 2.75) is 26.2 Å². The lowest BCUT2D eigenvalue weighted by atomic mass is 10.2. The summed E-state index contributed by atoms with van der Waals surface area (Å²) in [4.78, 5) is 0. The van der Waals surface area contributed by atoms with E-state index in [1.807, 2.05) is 6.07 Å². The van der Waals surface area contributed by atoms with Crippen LogP contribution in [0.3, 0.4) is 0 Å². The molecule has 104 valence electrons. The van der Waals surface area contributed by atoms with Crippen molar-refractivity contribution in [3.05, 3.63) is 35.9 Å². The van der Waals surface area contributed by atoms with Crippen LogP contribution < -0.4 is 0 Å². The molecule has 1 rings (SSSR count). The van der Waals surface area contributed by atoms with Crippen molar-refractivity contribution in [2.75, 3.05) is 13.2 Å². The molecule has 1 unspecified atom stereocenters. The largest absolute Gasteiger partial charge is 0.379 e. The van der Waals surface area contributed by atoms with E-state index in [9.17, 15) is 8.96 Å². The quantitative estimate of drug-likeness (QED) is 0.606. The van der Waals surface area contributed by atoms with Gasteiger partial charge in [-0.15, -0.1) is 0 Å². The van der Waals surface area contributed by atoms with Crippen LogP contribution in [0.15, 0.2) is 30.3 Å². The molecule has 3 nitrogen and oxygen atoms in total. The topological polar surface area (TPSA) is 35.5 Å². The molecule has 1 aromatic rings. The Bertz CT molecular complexity index is 492. The molecule has 0 bridgehead atoms. The number of alkyl halides is 1. The highest BCUT2D eigenvalue weighted by molar-refractivity contribution is 7.55. The van der Waals surface area contributed by atoms with Crippen molar-refractivity contribution >= 4 is 7.60 Å². The number of hydrogen-bond acceptors (Lipinski definition) is 3. The summed E-state index contributed by atoms with van der Waals surface area (Å²) < 4.78 is 36.8. The highest BCUT2D eigenvalue weighted by Crippen LogP contribution is 2.60. The fourth-order valence-electron chi connectivity index (χ4n) is 1.40. The summed E-state index contributed by atoms with van der Waals surface area (Å²) in [5, 5.41) is -2.34. The lowest BCUT2D eigenvalue weighted by Gasteiger charge is -2.24. The number of benzene rings is 1. The van der Waals surface area contributed by atoms with Gasteiger partial charge in [0.25, 0.3) is 5.41 Å². The van der Waals surface area contributed by atoms with Crippen molar-refractivity contribution in [3.63, 3.8) is 0 Å². The number of halogens is 1. The first-order valence-electron chi connectivity index (χ1n) is 6.11. The van der Waals surface area contributed by atoms with Gasteiger partial charge in [0, 0.05) is 5.56 Å². The molecule has 0 aliphatic rings. The van der Waals surface area contributed by atoms with Crippen LogP contribution in [0.1, 0.15) is 26.3 Å². The van der Waals surface area contributed by atoms with Crippen LogP contribution in [0, 0.1) is 11.8 Å². The van der Waals surface area contributed by atoms with Crippen LogP contribution in [0.5, 0.6) is 0 Å². The molecule has 0 saturated heterocycles. The fraction of sp³-hybridized carbons (Fsp3) is 0.429. The van der Waals surface area contributed by atoms with Crippen LogP contribution >= 0.6 is 7.60 Å². The van der Waals surface area contributed by atoms with E-state index in [1.165, 1.54) is 0 Å². The van der Waals surface area contributed by atoms with Crippen LogP contribution in [0.2, 0.25) is 0 Å². The molecule has 1 atom stereocenters. The molecular formula is C14H18FO3P. The highest BCUT2D eigenvalue weighted by Gasteiger charge is 2.47. The van der Waals surface area contributed by atoms with Crippen LogP contribution in [0.25, 0.3) is 0 Å². The summed E-state index contributed by atoms with van der Waals surface area (Å²) >= 11 is 0. The maximum atomic E-state index is 14.5. The molecule has 0 spiro atoms. The summed E-state index contributed by atoms with van der Waals surface area (Å²) in [5.41, 5.74) is 0.644. The molecule has 19 heavy (non-hydrogen) atoms. The Labute approximate surface area is 113 Å². The number of rotatable bonds is 5. The Kier molecular flexibility index (Phi) is 5.75. The summed E-state index contributed by atoms with van der Waals surface area (Å²) in [5.74, 6) is 5.01. The van der Waals surface area contributed by atoms with E-state index in [4.69, 9.17) is 9.05 Å². The molecule has 0 aromatic heterocycles. The van der Waals surface area contributed by atoms with Crippen molar-refractivity contribution < 1.29 is 18.0 Å². The Morgan fingerprint density at radius 3 is 2.21 bits per heavy atom. The van der Waals surface area contributed by atoms with E-state index in [1.54, 1.807) is 38.1 Å². The smallest absolute Gasteiger partial charge is 0.306 e. The van der Waals surface area contributed by atoms with Gasteiger partial charge in [-0.2, -0.15) is 0 Å². The zero-order valence-electron chi connectivity index (χ0n) is 11.4. The lowest BCUT2D eigenvalue weighted by molar-refractivity contribution is 0.175. The first-order chi connectivity index (χ1) is 8.95. The van der Waals surface area contributed by atoms with Crippen LogP contribution in [-0.2, 0) is 13.6 Å². The molecule has 0 aliphatic carbocycles. The van der Waals surface area contributed by atoms with Gasteiger partial charge < -0.3 is 9.05 Å². The third kappa shape index (κ3) is 4.18. The maximum absolute atomic E-state index is 14.5. The molecule has 0 heterocycles. The molecule has 0 radical (unpaired) electrons. The van der Waals surface area contributed by atoms with Crippen molar-refractivity contribution in [1.29, 1.82) is 0 Å². The SMILES string of the molecule is CCOP(=O)(OCC)C(C)(F)C#Cc1ccccc1. The first kappa shape index (κ1) is 15.9. The minimum atomic E-state index is -3.90. The second-order valence-electron chi connectivity index (χ2n) is 3.90. The molecular weight excluding hydrogens is 266 g/mol. The molecule has 0 fully saturated rings. The van der Waals surface area contributed by atoms with Crippen LogP contribution in [0.4, 0.5) is 4.39 Å². The molecule has 0 N–H and O–H groups in total. The highest BCUT2D eigenvalue weighted by atomic mass is 31.2. The summed E-state index contributed by atoms with van der Waals surface area (Å²) in [6.45, 7) is 4.58. The molecule has 5 heteroatoms. The maximum Gasteiger partial charge on any atom is 0.379 e. The predicted octanol–water partition coefficient (Wildman–Crippen LogP) is 3.99. The first-order valence-corrected chi connectivity index (χ1v) is 7.66. The van der Waals surface area contributed by atoms with Gasteiger partial charge in [-0.1, -0.05) is 24.1 Å². The summed E-state index contributed by atoms with van der Waals surface area (Å²) in [6.07, 6.45) is 0. The van der Waals surface area contributed by atoms with Gasteiger partial charge in [0.2, 0.25) is 0 Å². The average molecular weight is 284 g/mol. The molecule has 0 saturated carbocycles. The summed E-state index contributed by atoms with van der Waals surface area (Å²) in [7, 11) is -3.90. The van der Waals surface area contributed by atoms with Crippen molar-refractivity contribution in [1.82, 2.24) is 0 Å². The van der Waals surface area contributed by atoms with E-state index in [0.29, 0.717) is 5.56 Å². The third-order valence-electron chi connectivity index (χ3n) is 2.32. The zero-order valence-corrected chi connectivity index (χ0v) is 12.2. The second-order valence-corrected chi connectivity index (χ2v) is 6.25. The normalized spacial score (nSPS) is 14.3. The molecule has 0 amide bonds. The van der Waals surface area contributed by atoms with Gasteiger partial charge in [0.15, 0.2) is 0 Å². The Morgan fingerprint density at radius 2 is 1.74 bits per heavy atom. The second kappa shape index (κ2) is 6.86. The van der Waals surface area contributed by atoms with E-state index in [0.717, 1.165) is 6.92 Å². The van der Waals surface area contributed by atoms with Gasteiger partial charge in [-0.05, 0) is 38.8 Å². The third-order valence-corrected chi connectivity index (χ3v) is 4.66. The summed E-state index contributed by atoms with van der Waals surface area (Å²) in [6, 6.07) is 8.92. The van der Waals surface area contributed by atoms with Gasteiger partial charge in [-0.25, -0.2) is 4.39 Å². The van der Waals surface area contributed by atoms with Crippen molar-refractivity contribution in [3.8, 4) is 11.8 Å². The standard InChI is InChI=1S/C14H18FO3P/c1-4-17-19(16,18-5-2)14(3,15)12-11-13-9-7-6-8-10-13/h6-10H,4-5H2,1-3H3. The minimum Gasteiger partial charge on any atom is -0.306 e. The lowest BCUT2D eigenvalue weighted by Crippen LogP contribution is -2.19. The molecule has 0 aliphatic heterocycles. The average Bonchev–Trinajstić information content (AvgIpc) is 2.38. The van der Waals surface area contributed by atoms with Crippen LogP contribution in [-0.4, -0.2) is 18.6 Å². The number of hydrogen-bond donors (Lipinski definition) is 0. The van der Waals surface area contributed by atoms with Crippen molar-refractivity contribution in [2.24, 2.45) is 0 Å². The Morgan fingerprint density at radius 1 is 1.21 bits per heavy atom. The predicted molar refractivity (Wildman–Crippen MR) is 73.7 cm³/mol. The van der Waals surface area contributed by atoms with E-state index in [2.05, 4.69) is 11.8 Å². The molecule has 1 aromatic carbocycles. The van der Waals surface area contributed by atoms with Gasteiger partial charge in [-0.3, -0.25) is 4.57 Å². The van der Waals surface area contributed by atoms with E-state index >= 15 is 0 Å². The van der Waals surface area contributed by atoms with Gasteiger partial charge >= 0.3 is 7.60 Å². The van der Waals surface area contributed by atoms with Gasteiger partial charge in [0.1, 0.15) is 0 Å². The monoisotopic (exact) mass is 284 g/mol. The Hall–Kier alpha value is -1.14. The fourth-order valence-corrected chi connectivity index (χ4v) is 2.83. The van der Waals surface area contributed by atoms with Gasteiger partial charge in [0.05, 0.1) is 13.2 Å². The zero-order chi connectivity index (χ0) is 14.4. The Balaban J connectivity index is 3.02. The van der Waals surface area contributed by atoms with E-state index < -0.39 is 13.0 Å². The minimum absolute atomic E-state index is 0.101.